The maximum absolute atomic E-state index is 13.0. The Morgan fingerprint density at radius 1 is 1.28 bits per heavy atom. The van der Waals surface area contributed by atoms with Crippen molar-refractivity contribution in [3.8, 4) is 11.5 Å². The minimum absolute atomic E-state index is 0.217. The van der Waals surface area contributed by atoms with Gasteiger partial charge in [0.05, 0.1) is 17.7 Å². The maximum Gasteiger partial charge on any atom is 0.344 e. The van der Waals surface area contributed by atoms with Gasteiger partial charge in [-0.15, -0.1) is 0 Å². The maximum atomic E-state index is 13.0. The molecule has 0 spiro atoms. The molecule has 0 bridgehead atoms. The quantitative estimate of drug-likeness (QED) is 0.699. The van der Waals surface area contributed by atoms with Crippen LogP contribution in [0.2, 0.25) is 0 Å². The Balaban J connectivity index is 1.90. The Morgan fingerprint density at radius 3 is 2.66 bits per heavy atom. The van der Waals surface area contributed by atoms with Crippen molar-refractivity contribution < 1.29 is 28.6 Å². The van der Waals surface area contributed by atoms with Gasteiger partial charge in [0.25, 0.3) is 5.91 Å². The second-order valence-electron chi connectivity index (χ2n) is 5.94. The molecule has 1 saturated heterocycles. The molecule has 1 fully saturated rings. The minimum Gasteiger partial charge on any atom is -0.493 e. The van der Waals surface area contributed by atoms with Gasteiger partial charge in [0.1, 0.15) is 5.82 Å². The van der Waals surface area contributed by atoms with Crippen molar-refractivity contribution >= 4 is 40.6 Å². The number of benzene rings is 2. The standard InChI is InChI=1S/C20H17FN2O5S/c1-11(19(25)26)28-17-12(4-3-5-15(17)27-2)10-16-18(24)23-20(29-16)22-14-8-6-13(21)7-9-14/h3-11H,1-2H3,(H,25,26)(H,22,23,24)/b16-10-/t11-/m0/s1. The molecule has 1 heterocycles. The summed E-state index contributed by atoms with van der Waals surface area (Å²) in [6.45, 7) is 1.40. The molecule has 29 heavy (non-hydrogen) atoms. The van der Waals surface area contributed by atoms with Crippen LogP contribution in [0.4, 0.5) is 10.1 Å². The lowest BCUT2D eigenvalue weighted by Gasteiger charge is -2.16. The lowest BCUT2D eigenvalue weighted by Crippen LogP contribution is -2.23. The number of amides is 1. The van der Waals surface area contributed by atoms with Crippen LogP contribution in [0, 0.1) is 5.82 Å². The Bertz CT molecular complexity index is 1000. The van der Waals surface area contributed by atoms with Gasteiger partial charge in [-0.25, -0.2) is 14.2 Å². The van der Waals surface area contributed by atoms with Gasteiger partial charge in [-0.2, -0.15) is 0 Å². The highest BCUT2D eigenvalue weighted by Crippen LogP contribution is 2.36. The Labute approximate surface area is 170 Å². The molecule has 0 aliphatic carbocycles. The first-order valence-electron chi connectivity index (χ1n) is 8.49. The number of aliphatic imine (C=N–C) groups is 1. The van der Waals surface area contributed by atoms with Gasteiger partial charge < -0.3 is 19.9 Å². The van der Waals surface area contributed by atoms with Crippen LogP contribution in [-0.2, 0) is 9.59 Å². The van der Waals surface area contributed by atoms with E-state index < -0.39 is 12.1 Å². The molecule has 2 N–H and O–H groups in total. The fourth-order valence-corrected chi connectivity index (χ4v) is 3.25. The first kappa shape index (κ1) is 20.4. The molecular formula is C20H17FN2O5S. The van der Waals surface area contributed by atoms with Gasteiger partial charge in [0, 0.05) is 5.56 Å². The number of halogens is 1. The third-order valence-corrected chi connectivity index (χ3v) is 4.78. The smallest absolute Gasteiger partial charge is 0.344 e. The van der Waals surface area contributed by atoms with E-state index in [1.807, 2.05) is 0 Å². The van der Waals surface area contributed by atoms with Crippen LogP contribution >= 0.6 is 11.8 Å². The summed E-state index contributed by atoms with van der Waals surface area (Å²) in [6, 6.07) is 10.6. The van der Waals surface area contributed by atoms with E-state index in [1.54, 1.807) is 24.3 Å². The molecule has 1 atom stereocenters. The van der Waals surface area contributed by atoms with Crippen molar-refractivity contribution in [1.29, 1.82) is 0 Å². The zero-order valence-electron chi connectivity index (χ0n) is 15.5. The number of nitrogens with zero attached hydrogens (tertiary/aromatic N) is 1. The minimum atomic E-state index is -1.13. The molecular weight excluding hydrogens is 399 g/mol. The lowest BCUT2D eigenvalue weighted by molar-refractivity contribution is -0.144. The third kappa shape index (κ3) is 4.94. The number of amidine groups is 1. The van der Waals surface area contributed by atoms with Gasteiger partial charge in [0.2, 0.25) is 0 Å². The zero-order chi connectivity index (χ0) is 21.0. The van der Waals surface area contributed by atoms with E-state index in [2.05, 4.69) is 10.3 Å². The van der Waals surface area contributed by atoms with Crippen LogP contribution in [-0.4, -0.2) is 35.4 Å². The molecule has 1 amide bonds. The van der Waals surface area contributed by atoms with E-state index >= 15 is 0 Å². The molecule has 0 aromatic heterocycles. The first-order chi connectivity index (χ1) is 13.9. The van der Waals surface area contributed by atoms with E-state index in [0.717, 1.165) is 11.8 Å². The second kappa shape index (κ2) is 8.78. The van der Waals surface area contributed by atoms with Gasteiger partial charge in [0.15, 0.2) is 22.8 Å². The number of carboxylic acid groups (broad SMARTS) is 1. The van der Waals surface area contributed by atoms with Gasteiger partial charge in [-0.3, -0.25) is 4.79 Å². The third-order valence-electron chi connectivity index (χ3n) is 3.87. The fourth-order valence-electron chi connectivity index (χ4n) is 2.42. The topological polar surface area (TPSA) is 97.2 Å². The number of carbonyl (C=O) groups is 2. The average Bonchev–Trinajstić information content (AvgIpc) is 3.03. The van der Waals surface area contributed by atoms with Crippen molar-refractivity contribution in [3.05, 3.63) is 58.8 Å². The normalized spacial score (nSPS) is 17.3. The van der Waals surface area contributed by atoms with Crippen LogP contribution in [0.15, 0.2) is 52.4 Å². The number of thioether (sulfide) groups is 1. The number of nitrogens with one attached hydrogen (secondary N) is 1. The largest absolute Gasteiger partial charge is 0.493 e. The number of rotatable bonds is 6. The van der Waals surface area contributed by atoms with E-state index in [0.29, 0.717) is 27.1 Å². The van der Waals surface area contributed by atoms with E-state index in [9.17, 15) is 14.0 Å². The predicted octanol–water partition coefficient (Wildman–Crippen LogP) is 3.58. The number of carboxylic acids is 1. The van der Waals surface area contributed by atoms with Crippen LogP contribution in [0.5, 0.6) is 11.5 Å². The van der Waals surface area contributed by atoms with Crippen molar-refractivity contribution in [2.75, 3.05) is 7.11 Å². The van der Waals surface area contributed by atoms with Gasteiger partial charge in [-0.05, 0) is 55.1 Å². The predicted molar refractivity (Wildman–Crippen MR) is 108 cm³/mol. The highest BCUT2D eigenvalue weighted by Gasteiger charge is 2.25. The van der Waals surface area contributed by atoms with Crippen molar-refractivity contribution in [2.45, 2.75) is 13.0 Å². The number of para-hydroxylation sites is 1. The van der Waals surface area contributed by atoms with Gasteiger partial charge in [-0.1, -0.05) is 12.1 Å². The molecule has 1 aliphatic heterocycles. The molecule has 2 aromatic rings. The Morgan fingerprint density at radius 2 is 2.00 bits per heavy atom. The summed E-state index contributed by atoms with van der Waals surface area (Å²) in [6.07, 6.45) is 0.462. The number of ether oxygens (including phenoxy) is 2. The summed E-state index contributed by atoms with van der Waals surface area (Å²) < 4.78 is 23.8. The van der Waals surface area contributed by atoms with E-state index in [4.69, 9.17) is 14.6 Å². The number of hydrogen-bond acceptors (Lipinski definition) is 6. The SMILES string of the molecule is COc1cccc(/C=C2\SC(=Nc3ccc(F)cc3)NC2=O)c1O[C@@H](C)C(=O)O. The average molecular weight is 416 g/mol. The van der Waals surface area contributed by atoms with Crippen LogP contribution in [0.3, 0.4) is 0 Å². The Hall–Kier alpha value is -3.33. The van der Waals surface area contributed by atoms with E-state index in [-0.39, 0.29) is 17.5 Å². The number of carbonyl (C=O) groups excluding carboxylic acids is 1. The summed E-state index contributed by atoms with van der Waals surface area (Å²) in [5, 5.41) is 12.1. The molecule has 1 aliphatic rings. The van der Waals surface area contributed by atoms with Crippen molar-refractivity contribution in [1.82, 2.24) is 5.32 Å². The number of aliphatic carboxylic acids is 1. The van der Waals surface area contributed by atoms with Gasteiger partial charge >= 0.3 is 5.97 Å². The highest BCUT2D eigenvalue weighted by molar-refractivity contribution is 8.18. The molecule has 0 radical (unpaired) electrons. The summed E-state index contributed by atoms with van der Waals surface area (Å²) in [5.74, 6) is -1.31. The van der Waals surface area contributed by atoms with Crippen LogP contribution < -0.4 is 14.8 Å². The molecule has 150 valence electrons. The van der Waals surface area contributed by atoms with Crippen LogP contribution in [0.1, 0.15) is 12.5 Å². The Kier molecular flexibility index (Phi) is 6.18. The summed E-state index contributed by atoms with van der Waals surface area (Å²) in [4.78, 5) is 28.1. The van der Waals surface area contributed by atoms with E-state index in [1.165, 1.54) is 38.3 Å². The molecule has 7 nitrogen and oxygen atoms in total. The molecule has 9 heteroatoms. The fraction of sp³-hybridized carbons (Fsp3) is 0.150. The molecule has 0 saturated carbocycles. The number of methoxy groups -OCH3 is 1. The molecule has 2 aromatic carbocycles. The lowest BCUT2D eigenvalue weighted by atomic mass is 10.1. The zero-order valence-corrected chi connectivity index (χ0v) is 16.3. The summed E-state index contributed by atoms with van der Waals surface area (Å²) in [7, 11) is 1.44. The summed E-state index contributed by atoms with van der Waals surface area (Å²) >= 11 is 1.10. The highest BCUT2D eigenvalue weighted by atomic mass is 32.2. The number of hydrogen-bond donors (Lipinski definition) is 2. The monoisotopic (exact) mass is 416 g/mol. The second-order valence-corrected chi connectivity index (χ2v) is 6.97. The molecule has 0 unspecified atom stereocenters. The van der Waals surface area contributed by atoms with Crippen molar-refractivity contribution in [2.24, 2.45) is 4.99 Å². The first-order valence-corrected chi connectivity index (χ1v) is 9.30. The molecule has 3 rings (SSSR count). The summed E-state index contributed by atoms with van der Waals surface area (Å²) in [5.41, 5.74) is 0.981. The van der Waals surface area contributed by atoms with Crippen LogP contribution in [0.25, 0.3) is 6.08 Å². The van der Waals surface area contributed by atoms with Crippen molar-refractivity contribution in [3.63, 3.8) is 0 Å².